The summed E-state index contributed by atoms with van der Waals surface area (Å²) in [6, 6.07) is 6.50. The van der Waals surface area contributed by atoms with Crippen molar-refractivity contribution in [2.24, 2.45) is 0 Å². The van der Waals surface area contributed by atoms with E-state index >= 15 is 0 Å². The number of nitrogens with zero attached hydrogens (tertiary/aromatic N) is 1. The number of anilines is 1. The first-order valence-corrected chi connectivity index (χ1v) is 6.33. The Hall–Kier alpha value is -0.440. The summed E-state index contributed by atoms with van der Waals surface area (Å²) in [7, 11) is 2.03. The molecule has 1 aliphatic heterocycles. The molecule has 1 saturated heterocycles. The molecule has 2 nitrogen and oxygen atoms in total. The molecule has 0 atom stereocenters. The van der Waals surface area contributed by atoms with Gasteiger partial charge in [0, 0.05) is 24.8 Å². The molecule has 0 spiro atoms. The Morgan fingerprint density at radius 1 is 1.19 bits per heavy atom. The quantitative estimate of drug-likeness (QED) is 0.877. The number of benzene rings is 1. The van der Waals surface area contributed by atoms with Crippen molar-refractivity contribution >= 4 is 28.9 Å². The molecule has 1 N–H and O–H groups in total. The maximum absolute atomic E-state index is 6.02. The third-order valence-electron chi connectivity index (χ3n) is 3.17. The van der Waals surface area contributed by atoms with Gasteiger partial charge in [0.15, 0.2) is 0 Å². The highest BCUT2D eigenvalue weighted by atomic mass is 35.5. The third kappa shape index (κ3) is 2.62. The van der Waals surface area contributed by atoms with Crippen LogP contribution in [0.4, 0.5) is 5.69 Å². The molecule has 0 radical (unpaired) electrons. The largest absolute Gasteiger partial charge is 0.371 e. The Morgan fingerprint density at radius 3 is 2.44 bits per heavy atom. The van der Waals surface area contributed by atoms with Crippen LogP contribution >= 0.6 is 23.2 Å². The van der Waals surface area contributed by atoms with Crippen LogP contribution in [0.25, 0.3) is 0 Å². The summed E-state index contributed by atoms with van der Waals surface area (Å²) >= 11 is 11.9. The van der Waals surface area contributed by atoms with Crippen LogP contribution in [0.15, 0.2) is 18.2 Å². The maximum atomic E-state index is 6.02. The second-order valence-corrected chi connectivity index (χ2v) is 4.96. The van der Waals surface area contributed by atoms with Crippen molar-refractivity contribution < 1.29 is 0 Å². The summed E-state index contributed by atoms with van der Waals surface area (Å²) in [5.41, 5.74) is 1.17. The van der Waals surface area contributed by atoms with Crippen LogP contribution in [0.5, 0.6) is 0 Å². The van der Waals surface area contributed by atoms with Gasteiger partial charge in [0.05, 0.1) is 10.0 Å². The van der Waals surface area contributed by atoms with E-state index in [9.17, 15) is 0 Å². The minimum atomic E-state index is 0.621. The lowest BCUT2D eigenvalue weighted by atomic mass is 10.0. The molecule has 0 amide bonds. The number of rotatable bonds is 2. The molecule has 1 aliphatic rings. The van der Waals surface area contributed by atoms with Gasteiger partial charge in [-0.2, -0.15) is 0 Å². The standard InChI is InChI=1S/C12H16Cl2N2/c1-15-9-4-6-16(7-5-9)10-2-3-11(13)12(14)8-10/h2-3,8-9,15H,4-7H2,1H3. The van der Waals surface area contributed by atoms with E-state index in [1.807, 2.05) is 25.2 Å². The molecule has 0 aliphatic carbocycles. The van der Waals surface area contributed by atoms with E-state index in [2.05, 4.69) is 10.2 Å². The first-order valence-electron chi connectivity index (χ1n) is 5.58. The van der Waals surface area contributed by atoms with E-state index in [-0.39, 0.29) is 0 Å². The zero-order valence-corrected chi connectivity index (χ0v) is 10.9. The lowest BCUT2D eigenvalue weighted by Crippen LogP contribution is -2.41. The molecule has 0 bridgehead atoms. The zero-order valence-electron chi connectivity index (χ0n) is 9.34. The van der Waals surface area contributed by atoms with Crippen LogP contribution < -0.4 is 10.2 Å². The van der Waals surface area contributed by atoms with Crippen LogP contribution in [0, 0.1) is 0 Å². The van der Waals surface area contributed by atoms with Gasteiger partial charge in [0.2, 0.25) is 0 Å². The Kier molecular flexibility index (Phi) is 3.95. The van der Waals surface area contributed by atoms with E-state index in [1.165, 1.54) is 18.5 Å². The van der Waals surface area contributed by atoms with Crippen molar-refractivity contribution in [1.29, 1.82) is 0 Å². The first kappa shape index (κ1) is 12.0. The van der Waals surface area contributed by atoms with E-state index in [0.717, 1.165) is 13.1 Å². The number of piperidine rings is 1. The predicted octanol–water partition coefficient (Wildman–Crippen LogP) is 3.18. The smallest absolute Gasteiger partial charge is 0.0612 e. The van der Waals surface area contributed by atoms with Crippen LogP contribution in [0.3, 0.4) is 0 Å². The molecule has 88 valence electrons. The molecule has 1 heterocycles. The molecular weight excluding hydrogens is 243 g/mol. The van der Waals surface area contributed by atoms with Gasteiger partial charge in [-0.15, -0.1) is 0 Å². The van der Waals surface area contributed by atoms with E-state index in [4.69, 9.17) is 23.2 Å². The highest BCUT2D eigenvalue weighted by molar-refractivity contribution is 6.42. The van der Waals surface area contributed by atoms with Gasteiger partial charge in [-0.3, -0.25) is 0 Å². The molecule has 16 heavy (non-hydrogen) atoms. The minimum absolute atomic E-state index is 0.621. The average Bonchev–Trinajstić information content (AvgIpc) is 2.33. The van der Waals surface area contributed by atoms with Crippen LogP contribution in [0.2, 0.25) is 10.0 Å². The summed E-state index contributed by atoms with van der Waals surface area (Å²) in [6.07, 6.45) is 2.35. The fraction of sp³-hybridized carbons (Fsp3) is 0.500. The highest BCUT2D eigenvalue weighted by Crippen LogP contribution is 2.28. The first-order chi connectivity index (χ1) is 7.70. The second-order valence-electron chi connectivity index (χ2n) is 4.15. The Morgan fingerprint density at radius 2 is 1.88 bits per heavy atom. The molecule has 1 aromatic carbocycles. The highest BCUT2D eigenvalue weighted by Gasteiger charge is 2.18. The summed E-state index contributed by atoms with van der Waals surface area (Å²) in [6.45, 7) is 2.15. The molecule has 0 unspecified atom stereocenters. The fourth-order valence-corrected chi connectivity index (χ4v) is 2.40. The lowest BCUT2D eigenvalue weighted by Gasteiger charge is -2.33. The predicted molar refractivity (Wildman–Crippen MR) is 70.8 cm³/mol. The Labute approximate surface area is 107 Å². The van der Waals surface area contributed by atoms with E-state index in [0.29, 0.717) is 16.1 Å². The van der Waals surface area contributed by atoms with Crippen LogP contribution in [0.1, 0.15) is 12.8 Å². The summed E-state index contributed by atoms with van der Waals surface area (Å²) in [5, 5.41) is 4.58. The van der Waals surface area contributed by atoms with Crippen LogP contribution in [-0.2, 0) is 0 Å². The molecule has 1 fully saturated rings. The van der Waals surface area contributed by atoms with Gasteiger partial charge in [-0.05, 0) is 38.1 Å². The van der Waals surface area contributed by atoms with Crippen molar-refractivity contribution in [3.05, 3.63) is 28.2 Å². The normalized spacial score (nSPS) is 17.8. The van der Waals surface area contributed by atoms with Gasteiger partial charge in [0.25, 0.3) is 0 Å². The second kappa shape index (κ2) is 5.26. The molecule has 2 rings (SSSR count). The van der Waals surface area contributed by atoms with Crippen molar-refractivity contribution in [3.63, 3.8) is 0 Å². The number of nitrogens with one attached hydrogen (secondary N) is 1. The minimum Gasteiger partial charge on any atom is -0.371 e. The molecule has 0 aromatic heterocycles. The average molecular weight is 259 g/mol. The van der Waals surface area contributed by atoms with E-state index in [1.54, 1.807) is 0 Å². The van der Waals surface area contributed by atoms with Crippen molar-refractivity contribution in [1.82, 2.24) is 5.32 Å². The molecular formula is C12H16Cl2N2. The molecule has 1 aromatic rings. The van der Waals surface area contributed by atoms with Crippen LogP contribution in [-0.4, -0.2) is 26.2 Å². The topological polar surface area (TPSA) is 15.3 Å². The van der Waals surface area contributed by atoms with E-state index < -0.39 is 0 Å². The summed E-state index contributed by atoms with van der Waals surface area (Å²) in [5.74, 6) is 0. The lowest BCUT2D eigenvalue weighted by molar-refractivity contribution is 0.442. The van der Waals surface area contributed by atoms with Gasteiger partial charge >= 0.3 is 0 Å². The summed E-state index contributed by atoms with van der Waals surface area (Å²) < 4.78 is 0. The van der Waals surface area contributed by atoms with Gasteiger partial charge < -0.3 is 10.2 Å². The molecule has 0 saturated carbocycles. The van der Waals surface area contributed by atoms with Crippen molar-refractivity contribution in [2.45, 2.75) is 18.9 Å². The third-order valence-corrected chi connectivity index (χ3v) is 3.91. The molecule has 4 heteroatoms. The maximum Gasteiger partial charge on any atom is 0.0612 e. The SMILES string of the molecule is CNC1CCN(c2ccc(Cl)c(Cl)c2)CC1. The van der Waals surface area contributed by atoms with Crippen molar-refractivity contribution in [2.75, 3.05) is 25.0 Å². The Balaban J connectivity index is 2.05. The van der Waals surface area contributed by atoms with Gasteiger partial charge in [-0.25, -0.2) is 0 Å². The fourth-order valence-electron chi connectivity index (χ4n) is 2.11. The Bertz CT molecular complexity index is 360. The number of halogens is 2. The van der Waals surface area contributed by atoms with Gasteiger partial charge in [-0.1, -0.05) is 23.2 Å². The van der Waals surface area contributed by atoms with Crippen molar-refractivity contribution in [3.8, 4) is 0 Å². The summed E-state index contributed by atoms with van der Waals surface area (Å²) in [4.78, 5) is 2.36. The zero-order chi connectivity index (χ0) is 11.5. The monoisotopic (exact) mass is 258 g/mol. The number of hydrogen-bond donors (Lipinski definition) is 1. The van der Waals surface area contributed by atoms with Gasteiger partial charge in [0.1, 0.15) is 0 Å². The number of hydrogen-bond acceptors (Lipinski definition) is 2.